The fraction of sp³-hybridized carbons (Fsp3) is 0.312. The Morgan fingerprint density at radius 3 is 2.70 bits per heavy atom. The van der Waals surface area contributed by atoms with Crippen molar-refractivity contribution in [2.24, 2.45) is 0 Å². The van der Waals surface area contributed by atoms with Gasteiger partial charge >= 0.3 is 0 Å². The molecule has 0 aliphatic carbocycles. The van der Waals surface area contributed by atoms with Gasteiger partial charge in [0.1, 0.15) is 11.6 Å². The Hall–Kier alpha value is -1.94. The summed E-state index contributed by atoms with van der Waals surface area (Å²) in [6.07, 6.45) is 1.73. The van der Waals surface area contributed by atoms with Crippen molar-refractivity contribution in [1.29, 1.82) is 0 Å². The Morgan fingerprint density at radius 2 is 2.05 bits per heavy atom. The molecule has 1 unspecified atom stereocenters. The van der Waals surface area contributed by atoms with Gasteiger partial charge in [-0.1, -0.05) is 19.1 Å². The maximum absolute atomic E-state index is 13.8. The SMILES string of the molecule is CCNC(c1ccc(C)c(F)c1)c1cc(C)cnc1N. The molecule has 1 atom stereocenters. The summed E-state index contributed by atoms with van der Waals surface area (Å²) in [5.41, 5.74) is 9.39. The van der Waals surface area contributed by atoms with Crippen LogP contribution in [-0.4, -0.2) is 11.5 Å². The lowest BCUT2D eigenvalue weighted by Gasteiger charge is -2.21. The number of benzene rings is 1. The van der Waals surface area contributed by atoms with Crippen molar-refractivity contribution in [2.75, 3.05) is 12.3 Å². The van der Waals surface area contributed by atoms with Gasteiger partial charge in [-0.05, 0) is 49.2 Å². The number of anilines is 1. The Morgan fingerprint density at radius 1 is 1.30 bits per heavy atom. The second-order valence-electron chi connectivity index (χ2n) is 4.99. The normalized spacial score (nSPS) is 12.4. The number of nitrogen functional groups attached to an aromatic ring is 1. The lowest BCUT2D eigenvalue weighted by Crippen LogP contribution is -2.23. The maximum atomic E-state index is 13.8. The maximum Gasteiger partial charge on any atom is 0.128 e. The van der Waals surface area contributed by atoms with E-state index in [-0.39, 0.29) is 11.9 Å². The van der Waals surface area contributed by atoms with E-state index >= 15 is 0 Å². The summed E-state index contributed by atoms with van der Waals surface area (Å²) in [4.78, 5) is 4.19. The van der Waals surface area contributed by atoms with Gasteiger partial charge < -0.3 is 11.1 Å². The number of pyridine rings is 1. The van der Waals surface area contributed by atoms with Crippen LogP contribution in [0.5, 0.6) is 0 Å². The number of hydrogen-bond acceptors (Lipinski definition) is 3. The average molecular weight is 273 g/mol. The Bertz CT molecular complexity index is 611. The van der Waals surface area contributed by atoms with Gasteiger partial charge in [-0.2, -0.15) is 0 Å². The van der Waals surface area contributed by atoms with Crippen molar-refractivity contribution in [3.8, 4) is 0 Å². The molecule has 0 saturated carbocycles. The summed E-state index contributed by atoms with van der Waals surface area (Å²) >= 11 is 0. The largest absolute Gasteiger partial charge is 0.383 e. The summed E-state index contributed by atoms with van der Waals surface area (Å²) in [7, 11) is 0. The van der Waals surface area contributed by atoms with Crippen LogP contribution in [0.2, 0.25) is 0 Å². The Balaban J connectivity index is 2.49. The number of nitrogens with zero attached hydrogens (tertiary/aromatic N) is 1. The standard InChI is InChI=1S/C16H20FN3/c1-4-19-15(12-6-5-11(3)14(17)8-12)13-7-10(2)9-20-16(13)18/h5-9,15,19H,4H2,1-3H3,(H2,18,20). The van der Waals surface area contributed by atoms with Crippen LogP contribution in [0.1, 0.15) is 35.2 Å². The molecule has 2 aromatic rings. The van der Waals surface area contributed by atoms with Crippen molar-refractivity contribution >= 4 is 5.82 Å². The van der Waals surface area contributed by atoms with E-state index in [1.54, 1.807) is 25.3 Å². The summed E-state index contributed by atoms with van der Waals surface area (Å²) < 4.78 is 13.8. The van der Waals surface area contributed by atoms with Crippen molar-refractivity contribution in [3.63, 3.8) is 0 Å². The molecule has 0 bridgehead atoms. The second kappa shape index (κ2) is 6.01. The molecule has 3 nitrogen and oxygen atoms in total. The second-order valence-corrected chi connectivity index (χ2v) is 4.99. The van der Waals surface area contributed by atoms with E-state index in [4.69, 9.17) is 5.73 Å². The minimum absolute atomic E-state index is 0.150. The first-order chi connectivity index (χ1) is 9.52. The van der Waals surface area contributed by atoms with Gasteiger partial charge in [0.05, 0.1) is 6.04 Å². The Labute approximate surface area is 119 Å². The number of hydrogen-bond donors (Lipinski definition) is 2. The molecule has 0 radical (unpaired) electrons. The number of halogens is 1. The molecule has 3 N–H and O–H groups in total. The van der Waals surface area contributed by atoms with E-state index in [9.17, 15) is 4.39 Å². The predicted molar refractivity (Wildman–Crippen MR) is 80.0 cm³/mol. The van der Waals surface area contributed by atoms with E-state index < -0.39 is 0 Å². The van der Waals surface area contributed by atoms with Gasteiger partial charge in [0.25, 0.3) is 0 Å². The molecular formula is C16H20FN3. The minimum Gasteiger partial charge on any atom is -0.383 e. The smallest absolute Gasteiger partial charge is 0.128 e. The summed E-state index contributed by atoms with van der Waals surface area (Å²) in [5.74, 6) is 0.270. The highest BCUT2D eigenvalue weighted by atomic mass is 19.1. The highest BCUT2D eigenvalue weighted by molar-refractivity contribution is 5.47. The lowest BCUT2D eigenvalue weighted by molar-refractivity contribution is 0.597. The first-order valence-corrected chi connectivity index (χ1v) is 6.74. The van der Waals surface area contributed by atoms with Gasteiger partial charge in [-0.25, -0.2) is 9.37 Å². The first-order valence-electron chi connectivity index (χ1n) is 6.74. The molecule has 0 fully saturated rings. The van der Waals surface area contributed by atoms with Gasteiger partial charge in [0, 0.05) is 11.8 Å². The zero-order chi connectivity index (χ0) is 14.7. The van der Waals surface area contributed by atoms with Crippen LogP contribution in [0.25, 0.3) is 0 Å². The van der Waals surface area contributed by atoms with Crippen LogP contribution in [0, 0.1) is 19.7 Å². The third-order valence-electron chi connectivity index (χ3n) is 3.33. The van der Waals surface area contributed by atoms with Gasteiger partial charge in [-0.3, -0.25) is 0 Å². The molecule has 1 aromatic heterocycles. The van der Waals surface area contributed by atoms with Crippen LogP contribution >= 0.6 is 0 Å². The van der Waals surface area contributed by atoms with Crippen molar-refractivity contribution in [1.82, 2.24) is 10.3 Å². The van der Waals surface area contributed by atoms with Crippen molar-refractivity contribution in [2.45, 2.75) is 26.8 Å². The number of nitrogens with one attached hydrogen (secondary N) is 1. The minimum atomic E-state index is -0.204. The molecule has 0 saturated heterocycles. The zero-order valence-corrected chi connectivity index (χ0v) is 12.1. The average Bonchev–Trinajstić information content (AvgIpc) is 2.42. The van der Waals surface area contributed by atoms with Crippen LogP contribution in [0.3, 0.4) is 0 Å². The molecule has 0 spiro atoms. The van der Waals surface area contributed by atoms with E-state index in [0.29, 0.717) is 11.4 Å². The monoisotopic (exact) mass is 273 g/mol. The molecule has 0 aliphatic rings. The number of rotatable bonds is 4. The number of aryl methyl sites for hydroxylation is 2. The molecule has 106 valence electrons. The molecule has 0 aliphatic heterocycles. The van der Waals surface area contributed by atoms with E-state index in [0.717, 1.165) is 23.2 Å². The fourth-order valence-corrected chi connectivity index (χ4v) is 2.23. The summed E-state index contributed by atoms with van der Waals surface area (Å²) in [5, 5.41) is 3.34. The first kappa shape index (κ1) is 14.5. The highest BCUT2D eigenvalue weighted by Gasteiger charge is 2.17. The zero-order valence-electron chi connectivity index (χ0n) is 12.1. The van der Waals surface area contributed by atoms with Crippen LogP contribution < -0.4 is 11.1 Å². The molecule has 1 aromatic carbocycles. The highest BCUT2D eigenvalue weighted by Crippen LogP contribution is 2.27. The van der Waals surface area contributed by atoms with Crippen LogP contribution in [0.15, 0.2) is 30.5 Å². The molecule has 0 amide bonds. The van der Waals surface area contributed by atoms with Crippen LogP contribution in [0.4, 0.5) is 10.2 Å². The van der Waals surface area contributed by atoms with Crippen molar-refractivity contribution in [3.05, 3.63) is 58.5 Å². The molecular weight excluding hydrogens is 253 g/mol. The van der Waals surface area contributed by atoms with Gasteiger partial charge in [0.2, 0.25) is 0 Å². The molecule has 1 heterocycles. The summed E-state index contributed by atoms with van der Waals surface area (Å²) in [6, 6.07) is 7.11. The number of aromatic nitrogens is 1. The molecule has 20 heavy (non-hydrogen) atoms. The summed E-state index contributed by atoms with van der Waals surface area (Å²) in [6.45, 7) is 6.49. The van der Waals surface area contributed by atoms with E-state index in [2.05, 4.69) is 10.3 Å². The van der Waals surface area contributed by atoms with E-state index in [1.807, 2.05) is 26.0 Å². The fourth-order valence-electron chi connectivity index (χ4n) is 2.23. The Kier molecular flexibility index (Phi) is 4.35. The topological polar surface area (TPSA) is 50.9 Å². The van der Waals surface area contributed by atoms with Crippen molar-refractivity contribution < 1.29 is 4.39 Å². The van der Waals surface area contributed by atoms with Gasteiger partial charge in [-0.15, -0.1) is 0 Å². The quantitative estimate of drug-likeness (QED) is 0.900. The number of nitrogens with two attached hydrogens (primary N) is 1. The predicted octanol–water partition coefficient (Wildman–Crippen LogP) is 3.12. The van der Waals surface area contributed by atoms with Crippen LogP contribution in [-0.2, 0) is 0 Å². The lowest BCUT2D eigenvalue weighted by atomic mass is 9.97. The third-order valence-corrected chi connectivity index (χ3v) is 3.33. The molecule has 2 rings (SSSR count). The third kappa shape index (κ3) is 2.96. The van der Waals surface area contributed by atoms with E-state index in [1.165, 1.54) is 0 Å². The van der Waals surface area contributed by atoms with Gasteiger partial charge in [0.15, 0.2) is 0 Å². The molecule has 4 heteroatoms.